The Hall–Kier alpha value is -1.98. The van der Waals surface area contributed by atoms with Gasteiger partial charge in [0.2, 0.25) is 0 Å². The molecule has 1 N–H and O–H groups in total. The summed E-state index contributed by atoms with van der Waals surface area (Å²) in [5.41, 5.74) is -0.799. The van der Waals surface area contributed by atoms with Crippen LogP contribution in [-0.4, -0.2) is 35.0 Å². The molecular weight excluding hydrogens is 280 g/mol. The monoisotopic (exact) mass is 297 g/mol. The molecule has 1 fully saturated rings. The third-order valence-electron chi connectivity index (χ3n) is 3.83. The summed E-state index contributed by atoms with van der Waals surface area (Å²) < 4.78 is 26.5. The fourth-order valence-corrected chi connectivity index (χ4v) is 2.54. The van der Waals surface area contributed by atoms with Crippen LogP contribution in [0, 0.1) is 17.6 Å². The molecule has 1 aliphatic heterocycles. The number of amides is 1. The Morgan fingerprint density at radius 1 is 1.14 bits per heavy atom. The second-order valence-electron chi connectivity index (χ2n) is 5.45. The summed E-state index contributed by atoms with van der Waals surface area (Å²) in [6.45, 7) is 3.09. The van der Waals surface area contributed by atoms with E-state index in [2.05, 4.69) is 6.92 Å². The van der Waals surface area contributed by atoms with Crippen molar-refractivity contribution in [3.8, 4) is 0 Å². The standard InChI is InChI=1S/C15H17F2NO3/c1-9-3-2-5-18(6-4-9)14(19)10-7-12(16)13(17)8-11(10)15(20)21/h7-9H,2-6H2,1H3,(H,20,21). The van der Waals surface area contributed by atoms with E-state index < -0.39 is 29.1 Å². The van der Waals surface area contributed by atoms with Crippen LogP contribution in [-0.2, 0) is 0 Å². The molecule has 0 radical (unpaired) electrons. The van der Waals surface area contributed by atoms with Gasteiger partial charge >= 0.3 is 5.97 Å². The van der Waals surface area contributed by atoms with E-state index >= 15 is 0 Å². The summed E-state index contributed by atoms with van der Waals surface area (Å²) in [5.74, 6) is -3.99. The van der Waals surface area contributed by atoms with Gasteiger partial charge in [-0.05, 0) is 37.3 Å². The number of likely N-dealkylation sites (tertiary alicyclic amines) is 1. The largest absolute Gasteiger partial charge is 0.478 e. The van der Waals surface area contributed by atoms with Gasteiger partial charge in [-0.15, -0.1) is 0 Å². The summed E-state index contributed by atoms with van der Waals surface area (Å²) in [4.78, 5) is 25.1. The number of nitrogens with zero attached hydrogens (tertiary/aromatic N) is 1. The molecule has 1 aromatic rings. The molecule has 1 saturated heterocycles. The van der Waals surface area contributed by atoms with Crippen LogP contribution in [0.25, 0.3) is 0 Å². The van der Waals surface area contributed by atoms with Gasteiger partial charge in [0.25, 0.3) is 5.91 Å². The number of carboxylic acid groups (broad SMARTS) is 1. The highest BCUT2D eigenvalue weighted by atomic mass is 19.2. The Balaban J connectivity index is 2.34. The van der Waals surface area contributed by atoms with Crippen molar-refractivity contribution in [2.75, 3.05) is 13.1 Å². The van der Waals surface area contributed by atoms with E-state index in [4.69, 9.17) is 5.11 Å². The van der Waals surface area contributed by atoms with Crippen LogP contribution < -0.4 is 0 Å². The Morgan fingerprint density at radius 3 is 2.38 bits per heavy atom. The maximum Gasteiger partial charge on any atom is 0.336 e. The van der Waals surface area contributed by atoms with Crippen LogP contribution in [0.2, 0.25) is 0 Å². The number of carbonyl (C=O) groups is 2. The van der Waals surface area contributed by atoms with Crippen LogP contribution in [0.15, 0.2) is 12.1 Å². The van der Waals surface area contributed by atoms with Crippen molar-refractivity contribution in [1.29, 1.82) is 0 Å². The number of benzene rings is 1. The molecule has 0 spiro atoms. The van der Waals surface area contributed by atoms with Gasteiger partial charge in [-0.2, -0.15) is 0 Å². The van der Waals surface area contributed by atoms with Crippen molar-refractivity contribution in [1.82, 2.24) is 4.90 Å². The summed E-state index contributed by atoms with van der Waals surface area (Å²) in [6.07, 6.45) is 2.63. The SMILES string of the molecule is CC1CCCN(C(=O)c2cc(F)c(F)cc2C(=O)O)CC1. The van der Waals surface area contributed by atoms with Crippen LogP contribution in [0.1, 0.15) is 46.9 Å². The van der Waals surface area contributed by atoms with E-state index in [9.17, 15) is 18.4 Å². The average molecular weight is 297 g/mol. The predicted octanol–water partition coefficient (Wildman–Crippen LogP) is 2.93. The summed E-state index contributed by atoms with van der Waals surface area (Å²) >= 11 is 0. The maximum atomic E-state index is 13.4. The fraction of sp³-hybridized carbons (Fsp3) is 0.467. The minimum absolute atomic E-state index is 0.295. The number of aromatic carboxylic acids is 1. The van der Waals surface area contributed by atoms with Gasteiger partial charge in [0, 0.05) is 13.1 Å². The van der Waals surface area contributed by atoms with E-state index in [1.54, 1.807) is 0 Å². The van der Waals surface area contributed by atoms with E-state index in [1.165, 1.54) is 4.90 Å². The lowest BCUT2D eigenvalue weighted by Crippen LogP contribution is -2.33. The number of rotatable bonds is 2. The molecule has 4 nitrogen and oxygen atoms in total. The minimum Gasteiger partial charge on any atom is -0.478 e. The first-order valence-electron chi connectivity index (χ1n) is 6.91. The second-order valence-corrected chi connectivity index (χ2v) is 5.45. The molecule has 114 valence electrons. The average Bonchev–Trinajstić information content (AvgIpc) is 2.65. The molecule has 1 heterocycles. The van der Waals surface area contributed by atoms with E-state index in [1.807, 2.05) is 0 Å². The van der Waals surface area contributed by atoms with Crippen molar-refractivity contribution in [2.45, 2.75) is 26.2 Å². The fourth-order valence-electron chi connectivity index (χ4n) is 2.54. The molecule has 1 unspecified atom stereocenters. The van der Waals surface area contributed by atoms with Crippen LogP contribution in [0.3, 0.4) is 0 Å². The van der Waals surface area contributed by atoms with Crippen LogP contribution in [0.4, 0.5) is 8.78 Å². The third kappa shape index (κ3) is 3.37. The normalized spacial score (nSPS) is 19.2. The molecule has 21 heavy (non-hydrogen) atoms. The van der Waals surface area contributed by atoms with Crippen molar-refractivity contribution >= 4 is 11.9 Å². The van der Waals surface area contributed by atoms with Crippen molar-refractivity contribution in [3.05, 3.63) is 34.9 Å². The molecule has 0 aromatic heterocycles. The van der Waals surface area contributed by atoms with Crippen molar-refractivity contribution < 1.29 is 23.5 Å². The minimum atomic E-state index is -1.44. The number of carboxylic acids is 1. The molecule has 0 saturated carbocycles. The summed E-state index contributed by atoms with van der Waals surface area (Å²) in [6, 6.07) is 1.24. The van der Waals surface area contributed by atoms with Crippen molar-refractivity contribution in [2.24, 2.45) is 5.92 Å². The van der Waals surface area contributed by atoms with Crippen LogP contribution >= 0.6 is 0 Å². The zero-order chi connectivity index (χ0) is 15.6. The van der Waals surface area contributed by atoms with Gasteiger partial charge in [-0.25, -0.2) is 13.6 Å². The molecule has 6 heteroatoms. The Morgan fingerprint density at radius 2 is 1.76 bits per heavy atom. The molecule has 1 aliphatic rings. The number of halogens is 2. The van der Waals surface area contributed by atoms with Crippen molar-refractivity contribution in [3.63, 3.8) is 0 Å². The van der Waals surface area contributed by atoms with E-state index in [-0.39, 0.29) is 5.56 Å². The molecule has 1 amide bonds. The first-order valence-corrected chi connectivity index (χ1v) is 6.91. The molecule has 0 bridgehead atoms. The Kier molecular flexibility index (Phi) is 4.55. The zero-order valence-electron chi connectivity index (χ0n) is 11.7. The van der Waals surface area contributed by atoms with Gasteiger partial charge < -0.3 is 10.0 Å². The Bertz CT molecular complexity index is 574. The van der Waals surface area contributed by atoms with Gasteiger partial charge in [0.1, 0.15) is 0 Å². The molecular formula is C15H17F2NO3. The van der Waals surface area contributed by atoms with Gasteiger partial charge in [-0.3, -0.25) is 4.79 Å². The lowest BCUT2D eigenvalue weighted by molar-refractivity contribution is 0.0675. The summed E-state index contributed by atoms with van der Waals surface area (Å²) in [5, 5.41) is 9.07. The van der Waals surface area contributed by atoms with Gasteiger partial charge in [-0.1, -0.05) is 6.92 Å². The Labute approximate surface area is 121 Å². The highest BCUT2D eigenvalue weighted by molar-refractivity contribution is 6.04. The van der Waals surface area contributed by atoms with E-state index in [0.29, 0.717) is 31.1 Å². The lowest BCUT2D eigenvalue weighted by atomic mass is 10.0. The smallest absolute Gasteiger partial charge is 0.336 e. The number of hydrogen-bond acceptors (Lipinski definition) is 2. The first-order chi connectivity index (χ1) is 9.90. The first kappa shape index (κ1) is 15.4. The zero-order valence-corrected chi connectivity index (χ0v) is 11.7. The van der Waals surface area contributed by atoms with Gasteiger partial charge in [0.05, 0.1) is 11.1 Å². The van der Waals surface area contributed by atoms with E-state index in [0.717, 1.165) is 19.3 Å². The molecule has 1 aromatic carbocycles. The third-order valence-corrected chi connectivity index (χ3v) is 3.83. The number of carbonyl (C=O) groups excluding carboxylic acids is 1. The quantitative estimate of drug-likeness (QED) is 0.913. The van der Waals surface area contributed by atoms with Gasteiger partial charge in [0.15, 0.2) is 11.6 Å². The highest BCUT2D eigenvalue weighted by Gasteiger charge is 2.25. The number of hydrogen-bond donors (Lipinski definition) is 1. The van der Waals surface area contributed by atoms with Crippen LogP contribution in [0.5, 0.6) is 0 Å². The molecule has 0 aliphatic carbocycles. The topological polar surface area (TPSA) is 57.6 Å². The summed E-state index contributed by atoms with van der Waals surface area (Å²) in [7, 11) is 0. The molecule has 1 atom stereocenters. The highest BCUT2D eigenvalue weighted by Crippen LogP contribution is 2.21. The maximum absolute atomic E-state index is 13.4. The second kappa shape index (κ2) is 6.20. The molecule has 2 rings (SSSR count). The lowest BCUT2D eigenvalue weighted by Gasteiger charge is -2.21. The predicted molar refractivity (Wildman–Crippen MR) is 72.2 cm³/mol.